The van der Waals surface area contributed by atoms with Gasteiger partial charge in [-0.1, -0.05) is 31.5 Å². The number of aryl methyl sites for hydroxylation is 1. The first kappa shape index (κ1) is 16.7. The molecule has 112 valence electrons. The van der Waals surface area contributed by atoms with Crippen LogP contribution in [0.2, 0.25) is 0 Å². The first-order chi connectivity index (χ1) is 9.43. The molecule has 0 aromatic heterocycles. The van der Waals surface area contributed by atoms with Gasteiger partial charge in [0.2, 0.25) is 5.91 Å². The molecule has 1 amide bonds. The molecule has 0 aliphatic rings. The van der Waals surface area contributed by atoms with E-state index in [9.17, 15) is 4.79 Å². The summed E-state index contributed by atoms with van der Waals surface area (Å²) in [6, 6.07) is 7.79. The number of hydrogen-bond acceptors (Lipinski definition) is 3. The van der Waals surface area contributed by atoms with E-state index in [0.29, 0.717) is 6.54 Å². The first-order valence-corrected chi connectivity index (χ1v) is 6.99. The minimum Gasteiger partial charge on any atom is -0.385 e. The van der Waals surface area contributed by atoms with Gasteiger partial charge in [0.25, 0.3) is 0 Å². The number of nitrogens with one attached hydrogen (secondary N) is 2. The van der Waals surface area contributed by atoms with Gasteiger partial charge in [0.1, 0.15) is 0 Å². The summed E-state index contributed by atoms with van der Waals surface area (Å²) in [5, 5.41) is 6.07. The average molecular weight is 278 g/mol. The standard InChI is InChI=1S/C16H26N2O2/c1-13-5-7-14(8-6-13)18-15(19)11-17-12-16(2,3)9-10-20-4/h5-8,17H,9-12H2,1-4H3,(H,18,19). The maximum absolute atomic E-state index is 11.8. The van der Waals surface area contributed by atoms with Crippen LogP contribution >= 0.6 is 0 Å². The molecule has 1 aromatic carbocycles. The van der Waals surface area contributed by atoms with E-state index in [0.717, 1.165) is 25.3 Å². The summed E-state index contributed by atoms with van der Waals surface area (Å²) in [7, 11) is 1.71. The van der Waals surface area contributed by atoms with E-state index in [2.05, 4.69) is 24.5 Å². The molecule has 0 saturated heterocycles. The number of methoxy groups -OCH3 is 1. The lowest BCUT2D eigenvalue weighted by atomic mass is 9.90. The minimum absolute atomic E-state index is 0.0172. The second-order valence-electron chi connectivity index (χ2n) is 5.92. The Bertz CT molecular complexity index is 413. The Morgan fingerprint density at radius 3 is 2.50 bits per heavy atom. The maximum Gasteiger partial charge on any atom is 0.238 e. The molecule has 0 spiro atoms. The van der Waals surface area contributed by atoms with E-state index in [4.69, 9.17) is 4.74 Å². The highest BCUT2D eigenvalue weighted by molar-refractivity contribution is 5.92. The third-order valence-electron chi connectivity index (χ3n) is 3.21. The summed E-state index contributed by atoms with van der Waals surface area (Å²) in [6.07, 6.45) is 0.968. The molecule has 0 bridgehead atoms. The monoisotopic (exact) mass is 278 g/mol. The summed E-state index contributed by atoms with van der Waals surface area (Å²) in [6.45, 7) is 8.20. The van der Waals surface area contributed by atoms with Gasteiger partial charge in [-0.25, -0.2) is 0 Å². The lowest BCUT2D eigenvalue weighted by Gasteiger charge is -2.24. The van der Waals surface area contributed by atoms with E-state index in [1.54, 1.807) is 7.11 Å². The lowest BCUT2D eigenvalue weighted by Crippen LogP contribution is -2.35. The summed E-state index contributed by atoms with van der Waals surface area (Å²) in [5.41, 5.74) is 2.14. The number of carbonyl (C=O) groups is 1. The second kappa shape index (κ2) is 8.02. The Morgan fingerprint density at radius 1 is 1.25 bits per heavy atom. The smallest absolute Gasteiger partial charge is 0.238 e. The Kier molecular flexibility index (Phi) is 6.68. The summed E-state index contributed by atoms with van der Waals surface area (Å²) in [4.78, 5) is 11.8. The summed E-state index contributed by atoms with van der Waals surface area (Å²) < 4.78 is 5.09. The van der Waals surface area contributed by atoms with Crippen LogP contribution in [0.3, 0.4) is 0 Å². The van der Waals surface area contributed by atoms with Gasteiger partial charge in [-0.3, -0.25) is 4.79 Å². The van der Waals surface area contributed by atoms with Crippen molar-refractivity contribution >= 4 is 11.6 Å². The first-order valence-electron chi connectivity index (χ1n) is 6.99. The van der Waals surface area contributed by atoms with Crippen LogP contribution in [0.4, 0.5) is 5.69 Å². The van der Waals surface area contributed by atoms with Crippen LogP contribution in [0.25, 0.3) is 0 Å². The third-order valence-corrected chi connectivity index (χ3v) is 3.21. The molecule has 0 unspecified atom stereocenters. The number of hydrogen-bond donors (Lipinski definition) is 2. The highest BCUT2D eigenvalue weighted by atomic mass is 16.5. The van der Waals surface area contributed by atoms with Crippen LogP contribution in [-0.2, 0) is 9.53 Å². The number of amides is 1. The van der Waals surface area contributed by atoms with Crippen molar-refractivity contribution in [3.05, 3.63) is 29.8 Å². The predicted octanol–water partition coefficient (Wildman–Crippen LogP) is 2.59. The van der Waals surface area contributed by atoms with E-state index in [-0.39, 0.29) is 11.3 Å². The van der Waals surface area contributed by atoms with Gasteiger partial charge >= 0.3 is 0 Å². The highest BCUT2D eigenvalue weighted by Crippen LogP contribution is 2.18. The van der Waals surface area contributed by atoms with E-state index in [1.807, 2.05) is 31.2 Å². The van der Waals surface area contributed by atoms with E-state index in [1.165, 1.54) is 5.56 Å². The number of benzene rings is 1. The normalized spacial score (nSPS) is 11.4. The third kappa shape index (κ3) is 6.68. The summed E-state index contributed by atoms with van der Waals surface area (Å²) in [5.74, 6) is -0.0172. The topological polar surface area (TPSA) is 50.4 Å². The molecule has 4 heteroatoms. The molecule has 0 radical (unpaired) electrons. The number of carbonyl (C=O) groups excluding carboxylic acids is 1. The van der Waals surface area contributed by atoms with Crippen molar-refractivity contribution in [3.63, 3.8) is 0 Å². The van der Waals surface area contributed by atoms with Crippen LogP contribution in [0.1, 0.15) is 25.8 Å². The molecule has 0 fully saturated rings. The van der Waals surface area contributed by atoms with Crippen LogP contribution < -0.4 is 10.6 Å². The average Bonchev–Trinajstić information content (AvgIpc) is 2.39. The lowest BCUT2D eigenvalue weighted by molar-refractivity contribution is -0.115. The van der Waals surface area contributed by atoms with Gasteiger partial charge in [-0.05, 0) is 30.9 Å². The molecule has 2 N–H and O–H groups in total. The van der Waals surface area contributed by atoms with Gasteiger partial charge in [0, 0.05) is 25.9 Å². The molecule has 0 atom stereocenters. The predicted molar refractivity (Wildman–Crippen MR) is 83.0 cm³/mol. The van der Waals surface area contributed by atoms with Crippen molar-refractivity contribution in [1.82, 2.24) is 5.32 Å². The van der Waals surface area contributed by atoms with Crippen molar-refractivity contribution in [1.29, 1.82) is 0 Å². The minimum atomic E-state index is -0.0172. The zero-order chi connectivity index (χ0) is 15.0. The van der Waals surface area contributed by atoms with Gasteiger partial charge in [-0.2, -0.15) is 0 Å². The van der Waals surface area contributed by atoms with Crippen molar-refractivity contribution in [2.24, 2.45) is 5.41 Å². The van der Waals surface area contributed by atoms with Gasteiger partial charge in [0.05, 0.1) is 6.54 Å². The van der Waals surface area contributed by atoms with Crippen molar-refractivity contribution in [3.8, 4) is 0 Å². The Balaban J connectivity index is 2.28. The molecule has 1 aromatic rings. The largest absolute Gasteiger partial charge is 0.385 e. The van der Waals surface area contributed by atoms with Gasteiger partial charge in [0.15, 0.2) is 0 Å². The molecule has 20 heavy (non-hydrogen) atoms. The molecule has 0 aliphatic heterocycles. The van der Waals surface area contributed by atoms with E-state index >= 15 is 0 Å². The SMILES string of the molecule is COCCC(C)(C)CNCC(=O)Nc1ccc(C)cc1. The number of rotatable bonds is 8. The van der Waals surface area contributed by atoms with Crippen molar-refractivity contribution < 1.29 is 9.53 Å². The van der Waals surface area contributed by atoms with Gasteiger partial charge < -0.3 is 15.4 Å². The van der Waals surface area contributed by atoms with Crippen LogP contribution in [0, 0.1) is 12.3 Å². The molecule has 0 heterocycles. The van der Waals surface area contributed by atoms with Crippen LogP contribution in [0.15, 0.2) is 24.3 Å². The van der Waals surface area contributed by atoms with Crippen molar-refractivity contribution in [2.45, 2.75) is 27.2 Å². The van der Waals surface area contributed by atoms with Crippen LogP contribution in [0.5, 0.6) is 0 Å². The molecular formula is C16H26N2O2. The molecule has 4 nitrogen and oxygen atoms in total. The fourth-order valence-corrected chi connectivity index (χ4v) is 1.82. The zero-order valence-corrected chi connectivity index (χ0v) is 13.0. The quantitative estimate of drug-likeness (QED) is 0.768. The molecule has 0 saturated carbocycles. The van der Waals surface area contributed by atoms with Crippen molar-refractivity contribution in [2.75, 3.05) is 32.1 Å². The maximum atomic E-state index is 11.8. The highest BCUT2D eigenvalue weighted by Gasteiger charge is 2.17. The molecule has 0 aliphatic carbocycles. The summed E-state index contributed by atoms with van der Waals surface area (Å²) >= 11 is 0. The Hall–Kier alpha value is -1.39. The number of ether oxygens (including phenoxy) is 1. The second-order valence-corrected chi connectivity index (χ2v) is 5.92. The fraction of sp³-hybridized carbons (Fsp3) is 0.562. The van der Waals surface area contributed by atoms with E-state index < -0.39 is 0 Å². The van der Waals surface area contributed by atoms with Gasteiger partial charge in [-0.15, -0.1) is 0 Å². The molecule has 1 rings (SSSR count). The molecular weight excluding hydrogens is 252 g/mol. The zero-order valence-electron chi connectivity index (χ0n) is 13.0. The Labute approximate surface area is 121 Å². The Morgan fingerprint density at radius 2 is 1.90 bits per heavy atom. The fourth-order valence-electron chi connectivity index (χ4n) is 1.82. The number of anilines is 1. The van der Waals surface area contributed by atoms with Crippen LogP contribution in [-0.4, -0.2) is 32.7 Å².